The largest absolute Gasteiger partial charge is 0.295 e. The molecular weight excluding hydrogens is 388 g/mol. The van der Waals surface area contributed by atoms with Gasteiger partial charge in [-0.3, -0.25) is 14.1 Å². The summed E-state index contributed by atoms with van der Waals surface area (Å²) < 4.78 is 29.0. The Bertz CT molecular complexity index is 1210. The van der Waals surface area contributed by atoms with E-state index in [0.717, 1.165) is 11.1 Å². The molecule has 0 radical (unpaired) electrons. The monoisotopic (exact) mass is 412 g/mol. The Labute approximate surface area is 170 Å². The molecule has 0 unspecified atom stereocenters. The molecule has 0 spiro atoms. The van der Waals surface area contributed by atoms with Crippen LogP contribution in [-0.2, 0) is 16.6 Å². The normalized spacial score (nSPS) is 16.3. The van der Waals surface area contributed by atoms with Crippen molar-refractivity contribution in [3.05, 3.63) is 75.8 Å². The van der Waals surface area contributed by atoms with E-state index in [0.29, 0.717) is 49.0 Å². The van der Waals surface area contributed by atoms with Crippen LogP contribution in [0.2, 0.25) is 0 Å². The number of nitrogens with zero attached hydrogens (tertiary/aromatic N) is 4. The van der Waals surface area contributed by atoms with Gasteiger partial charge in [0.2, 0.25) is 10.0 Å². The summed E-state index contributed by atoms with van der Waals surface area (Å²) >= 11 is 0. The average molecular weight is 413 g/mol. The molecule has 1 aliphatic heterocycles. The van der Waals surface area contributed by atoms with Gasteiger partial charge in [-0.05, 0) is 49.2 Å². The quantitative estimate of drug-likeness (QED) is 0.653. The summed E-state index contributed by atoms with van der Waals surface area (Å²) in [5.41, 5.74) is 3.25. The summed E-state index contributed by atoms with van der Waals surface area (Å²) in [4.78, 5) is 19.3. The summed E-state index contributed by atoms with van der Waals surface area (Å²) in [5, 5.41) is 0. The van der Waals surface area contributed by atoms with Crippen LogP contribution in [0.25, 0.3) is 5.65 Å². The second-order valence-electron chi connectivity index (χ2n) is 7.44. The molecule has 1 aliphatic rings. The number of aryl methyl sites for hydroxylation is 2. The molecule has 0 saturated carbocycles. The Kier molecular flexibility index (Phi) is 5.24. The van der Waals surface area contributed by atoms with Crippen molar-refractivity contribution in [2.24, 2.45) is 0 Å². The van der Waals surface area contributed by atoms with Crippen molar-refractivity contribution in [2.75, 3.05) is 26.2 Å². The zero-order chi connectivity index (χ0) is 20.6. The van der Waals surface area contributed by atoms with Crippen LogP contribution in [0.5, 0.6) is 0 Å². The molecule has 4 rings (SSSR count). The van der Waals surface area contributed by atoms with E-state index >= 15 is 0 Å². The lowest BCUT2D eigenvalue weighted by Gasteiger charge is -2.33. The SMILES string of the molecule is Cc1ccc(S(=O)(=O)N2CCN(Cc3cc(=O)n4ccccc4n3)CC2)cc1C. The van der Waals surface area contributed by atoms with E-state index in [-0.39, 0.29) is 5.56 Å². The second-order valence-corrected chi connectivity index (χ2v) is 9.38. The first-order valence-corrected chi connectivity index (χ1v) is 11.1. The highest BCUT2D eigenvalue weighted by molar-refractivity contribution is 7.89. The van der Waals surface area contributed by atoms with E-state index in [9.17, 15) is 13.2 Å². The number of benzene rings is 1. The predicted molar refractivity (Wildman–Crippen MR) is 111 cm³/mol. The molecule has 29 heavy (non-hydrogen) atoms. The van der Waals surface area contributed by atoms with Gasteiger partial charge in [-0.1, -0.05) is 12.1 Å². The Hall–Kier alpha value is -2.55. The lowest BCUT2D eigenvalue weighted by molar-refractivity contribution is 0.180. The Morgan fingerprint density at radius 1 is 0.966 bits per heavy atom. The summed E-state index contributed by atoms with van der Waals surface area (Å²) in [6, 6.07) is 12.3. The van der Waals surface area contributed by atoms with Gasteiger partial charge in [0.15, 0.2) is 0 Å². The van der Waals surface area contributed by atoms with Gasteiger partial charge in [-0.2, -0.15) is 4.31 Å². The van der Waals surface area contributed by atoms with Gasteiger partial charge in [-0.15, -0.1) is 0 Å². The maximum Gasteiger partial charge on any atom is 0.258 e. The van der Waals surface area contributed by atoms with Crippen molar-refractivity contribution in [1.82, 2.24) is 18.6 Å². The van der Waals surface area contributed by atoms with Crippen LogP contribution in [0.15, 0.2) is 58.4 Å². The fourth-order valence-electron chi connectivity index (χ4n) is 3.56. The molecule has 0 bridgehead atoms. The van der Waals surface area contributed by atoms with E-state index in [4.69, 9.17) is 0 Å². The highest BCUT2D eigenvalue weighted by Gasteiger charge is 2.28. The lowest BCUT2D eigenvalue weighted by atomic mass is 10.1. The first-order valence-electron chi connectivity index (χ1n) is 9.62. The molecule has 8 heteroatoms. The second kappa shape index (κ2) is 7.70. The van der Waals surface area contributed by atoms with Gasteiger partial charge in [0.05, 0.1) is 10.6 Å². The molecule has 0 aliphatic carbocycles. The van der Waals surface area contributed by atoms with E-state index in [1.807, 2.05) is 26.0 Å². The third-order valence-corrected chi connectivity index (χ3v) is 7.35. The molecule has 0 N–H and O–H groups in total. The topological polar surface area (TPSA) is 75.0 Å². The van der Waals surface area contributed by atoms with E-state index in [2.05, 4.69) is 9.88 Å². The number of sulfonamides is 1. The van der Waals surface area contributed by atoms with Gasteiger partial charge in [0, 0.05) is 45.0 Å². The summed E-state index contributed by atoms with van der Waals surface area (Å²) in [6.07, 6.45) is 1.70. The van der Waals surface area contributed by atoms with Gasteiger partial charge in [0.25, 0.3) is 5.56 Å². The molecule has 152 valence electrons. The van der Waals surface area contributed by atoms with Crippen LogP contribution >= 0.6 is 0 Å². The minimum atomic E-state index is -3.50. The first-order chi connectivity index (χ1) is 13.8. The van der Waals surface area contributed by atoms with Crippen LogP contribution < -0.4 is 5.56 Å². The van der Waals surface area contributed by atoms with Crippen LogP contribution in [-0.4, -0.2) is 53.2 Å². The molecule has 1 saturated heterocycles. The zero-order valence-electron chi connectivity index (χ0n) is 16.6. The standard InChI is InChI=1S/C21H24N4O3S/c1-16-6-7-19(13-17(16)2)29(27,28)24-11-9-23(10-12-24)15-18-14-21(26)25-8-4-3-5-20(25)22-18/h3-8,13-14H,9-12,15H2,1-2H3. The fraction of sp³-hybridized carbons (Fsp3) is 0.333. The number of piperazine rings is 1. The van der Waals surface area contributed by atoms with Crippen molar-refractivity contribution < 1.29 is 8.42 Å². The minimum Gasteiger partial charge on any atom is -0.295 e. The van der Waals surface area contributed by atoms with E-state index < -0.39 is 10.0 Å². The molecule has 0 amide bonds. The summed E-state index contributed by atoms with van der Waals surface area (Å²) in [5.74, 6) is 0. The number of aromatic nitrogens is 2. The molecule has 0 atom stereocenters. The Balaban J connectivity index is 1.45. The molecular formula is C21H24N4O3S. The summed E-state index contributed by atoms with van der Waals surface area (Å²) in [6.45, 7) is 6.45. The van der Waals surface area contributed by atoms with Gasteiger partial charge >= 0.3 is 0 Å². The van der Waals surface area contributed by atoms with Crippen molar-refractivity contribution in [1.29, 1.82) is 0 Å². The van der Waals surface area contributed by atoms with Gasteiger partial charge in [-0.25, -0.2) is 13.4 Å². The Morgan fingerprint density at radius 2 is 1.72 bits per heavy atom. The number of hydrogen-bond donors (Lipinski definition) is 0. The third kappa shape index (κ3) is 3.96. The van der Waals surface area contributed by atoms with Gasteiger partial charge < -0.3 is 0 Å². The zero-order valence-corrected chi connectivity index (χ0v) is 17.4. The molecule has 1 aromatic carbocycles. The lowest BCUT2D eigenvalue weighted by Crippen LogP contribution is -2.48. The van der Waals surface area contributed by atoms with Crippen LogP contribution in [0.1, 0.15) is 16.8 Å². The van der Waals surface area contributed by atoms with Crippen molar-refractivity contribution in [2.45, 2.75) is 25.3 Å². The molecule has 3 heterocycles. The number of pyridine rings is 1. The maximum absolute atomic E-state index is 13.0. The minimum absolute atomic E-state index is 0.110. The number of rotatable bonds is 4. The van der Waals surface area contributed by atoms with E-state index in [1.165, 1.54) is 8.71 Å². The van der Waals surface area contributed by atoms with Crippen molar-refractivity contribution in [3.8, 4) is 0 Å². The van der Waals surface area contributed by atoms with Crippen molar-refractivity contribution >= 4 is 15.7 Å². The molecule has 3 aromatic rings. The maximum atomic E-state index is 13.0. The summed E-state index contributed by atoms with van der Waals surface area (Å²) in [7, 11) is -3.50. The smallest absolute Gasteiger partial charge is 0.258 e. The van der Waals surface area contributed by atoms with Crippen LogP contribution in [0.3, 0.4) is 0 Å². The predicted octanol–water partition coefficient (Wildman–Crippen LogP) is 1.82. The first kappa shape index (κ1) is 19.8. The third-order valence-electron chi connectivity index (χ3n) is 5.46. The van der Waals surface area contributed by atoms with Crippen LogP contribution in [0, 0.1) is 13.8 Å². The Morgan fingerprint density at radius 3 is 2.45 bits per heavy atom. The highest BCUT2D eigenvalue weighted by atomic mass is 32.2. The highest BCUT2D eigenvalue weighted by Crippen LogP contribution is 2.21. The fourth-order valence-corrected chi connectivity index (χ4v) is 5.07. The molecule has 2 aromatic heterocycles. The molecule has 7 nitrogen and oxygen atoms in total. The van der Waals surface area contributed by atoms with Crippen LogP contribution in [0.4, 0.5) is 0 Å². The average Bonchev–Trinajstić information content (AvgIpc) is 2.70. The number of fused-ring (bicyclic) bond motifs is 1. The molecule has 1 fully saturated rings. The van der Waals surface area contributed by atoms with Gasteiger partial charge in [0.1, 0.15) is 5.65 Å². The number of hydrogen-bond acceptors (Lipinski definition) is 5. The van der Waals surface area contributed by atoms with Crippen molar-refractivity contribution in [3.63, 3.8) is 0 Å². The van der Waals surface area contributed by atoms with E-state index in [1.54, 1.807) is 36.5 Å².